The summed E-state index contributed by atoms with van der Waals surface area (Å²) in [7, 11) is 1.86. The number of carbonyl (C=O) groups excluding carboxylic acids is 1. The normalized spacial score (nSPS) is 14.1. The first kappa shape index (κ1) is 25.0. The number of amides is 1. The molecule has 0 saturated heterocycles. The molecule has 9 heteroatoms. The lowest BCUT2D eigenvalue weighted by Gasteiger charge is -2.22. The van der Waals surface area contributed by atoms with Crippen LogP contribution < -0.4 is 10.9 Å². The smallest absolute Gasteiger partial charge is 0.283 e. The Kier molecular flexibility index (Phi) is 6.71. The van der Waals surface area contributed by atoms with Gasteiger partial charge in [0.25, 0.3) is 5.56 Å². The Morgan fingerprint density at radius 3 is 2.67 bits per heavy atom. The molecule has 1 amide bonds. The SMILES string of the molecule is Cn1c2ccc(-c3ccco3)cc2c2nc(SCC(=O)NC3CCCCC3)n(-c3ccc(C#N)cc3)c(=O)c21. The lowest BCUT2D eigenvalue weighted by Crippen LogP contribution is -2.37. The molecule has 0 bridgehead atoms. The van der Waals surface area contributed by atoms with E-state index in [9.17, 15) is 14.9 Å². The number of furan rings is 1. The number of nitrogens with zero attached hydrogens (tertiary/aromatic N) is 4. The number of benzene rings is 2. The van der Waals surface area contributed by atoms with Crippen LogP contribution in [0.5, 0.6) is 0 Å². The third-order valence-corrected chi connectivity index (χ3v) is 8.28. The number of fused-ring (bicyclic) bond motifs is 3. The van der Waals surface area contributed by atoms with E-state index in [2.05, 4.69) is 11.4 Å². The molecule has 196 valence electrons. The number of carbonyl (C=O) groups is 1. The molecular weight excluding hydrogens is 510 g/mol. The summed E-state index contributed by atoms with van der Waals surface area (Å²) in [5.74, 6) is 0.812. The van der Waals surface area contributed by atoms with Crippen molar-refractivity contribution in [2.75, 3.05) is 5.75 Å². The van der Waals surface area contributed by atoms with Gasteiger partial charge in [-0.25, -0.2) is 4.98 Å². The highest BCUT2D eigenvalue weighted by Crippen LogP contribution is 2.32. The number of hydrogen-bond donors (Lipinski definition) is 1. The van der Waals surface area contributed by atoms with Gasteiger partial charge in [0.1, 0.15) is 16.8 Å². The zero-order valence-electron chi connectivity index (χ0n) is 21.5. The van der Waals surface area contributed by atoms with Gasteiger partial charge >= 0.3 is 0 Å². The summed E-state index contributed by atoms with van der Waals surface area (Å²) in [6, 6.07) is 18.8. The highest BCUT2D eigenvalue weighted by Gasteiger charge is 2.22. The van der Waals surface area contributed by atoms with E-state index in [4.69, 9.17) is 9.40 Å². The zero-order chi connectivity index (χ0) is 26.9. The number of nitriles is 1. The summed E-state index contributed by atoms with van der Waals surface area (Å²) in [6.07, 6.45) is 7.12. The quantitative estimate of drug-likeness (QED) is 0.225. The molecule has 0 radical (unpaired) electrons. The van der Waals surface area contributed by atoms with Crippen LogP contribution in [0.15, 0.2) is 75.2 Å². The van der Waals surface area contributed by atoms with Crippen molar-refractivity contribution >= 4 is 39.6 Å². The largest absolute Gasteiger partial charge is 0.464 e. The average Bonchev–Trinajstić information content (AvgIpc) is 3.60. The minimum Gasteiger partial charge on any atom is -0.464 e. The second-order valence-corrected chi connectivity index (χ2v) is 10.8. The highest BCUT2D eigenvalue weighted by molar-refractivity contribution is 7.99. The van der Waals surface area contributed by atoms with Crippen molar-refractivity contribution in [2.24, 2.45) is 7.05 Å². The third-order valence-electron chi connectivity index (χ3n) is 7.34. The van der Waals surface area contributed by atoms with E-state index in [0.29, 0.717) is 27.4 Å². The van der Waals surface area contributed by atoms with E-state index in [-0.39, 0.29) is 23.3 Å². The maximum absolute atomic E-state index is 14.1. The van der Waals surface area contributed by atoms with Gasteiger partial charge in [-0.05, 0) is 67.4 Å². The van der Waals surface area contributed by atoms with Crippen LogP contribution in [0.1, 0.15) is 37.7 Å². The van der Waals surface area contributed by atoms with Crippen molar-refractivity contribution in [1.29, 1.82) is 5.26 Å². The number of aryl methyl sites for hydroxylation is 1. The average molecular weight is 538 g/mol. The van der Waals surface area contributed by atoms with Crippen LogP contribution in [-0.2, 0) is 11.8 Å². The monoisotopic (exact) mass is 537 g/mol. The fourth-order valence-electron chi connectivity index (χ4n) is 5.37. The van der Waals surface area contributed by atoms with Crippen molar-refractivity contribution < 1.29 is 9.21 Å². The molecule has 1 N–H and O–H groups in total. The Bertz CT molecular complexity index is 1770. The molecule has 0 spiro atoms. The van der Waals surface area contributed by atoms with Gasteiger partial charge in [-0.15, -0.1) is 0 Å². The highest BCUT2D eigenvalue weighted by atomic mass is 32.2. The molecule has 39 heavy (non-hydrogen) atoms. The van der Waals surface area contributed by atoms with Crippen LogP contribution in [0.25, 0.3) is 38.9 Å². The molecule has 8 nitrogen and oxygen atoms in total. The maximum Gasteiger partial charge on any atom is 0.283 e. The maximum atomic E-state index is 14.1. The molecule has 1 saturated carbocycles. The Morgan fingerprint density at radius 1 is 1.15 bits per heavy atom. The predicted octanol–water partition coefficient (Wildman–Crippen LogP) is 5.55. The number of thioether (sulfide) groups is 1. The molecular formula is C30H27N5O3S. The summed E-state index contributed by atoms with van der Waals surface area (Å²) in [5, 5.41) is 13.6. The van der Waals surface area contributed by atoms with Gasteiger partial charge in [0.05, 0.1) is 34.9 Å². The topological polar surface area (TPSA) is 106 Å². The standard InChI is InChI=1S/C30H27N5O3S/c1-34-24-14-11-20(25-8-5-15-38-25)16-23(24)27-28(34)29(37)35(22-12-9-19(17-31)10-13-22)30(33-27)39-18-26(36)32-21-6-3-2-4-7-21/h5,8-16,21H,2-4,6-7,18H2,1H3,(H,32,36). The molecule has 5 aromatic rings. The number of hydrogen-bond acceptors (Lipinski definition) is 6. The number of nitrogens with one attached hydrogen (secondary N) is 1. The number of rotatable bonds is 6. The van der Waals surface area contributed by atoms with Gasteiger partial charge in [0.15, 0.2) is 5.16 Å². The van der Waals surface area contributed by atoms with Crippen LogP contribution in [0.2, 0.25) is 0 Å². The molecule has 3 aromatic heterocycles. The summed E-state index contributed by atoms with van der Waals surface area (Å²) < 4.78 is 8.99. The van der Waals surface area contributed by atoms with Crippen LogP contribution in [0, 0.1) is 11.3 Å². The molecule has 1 aliphatic rings. The van der Waals surface area contributed by atoms with Gasteiger partial charge in [-0.3, -0.25) is 14.2 Å². The summed E-state index contributed by atoms with van der Waals surface area (Å²) in [4.78, 5) is 31.9. The molecule has 2 aromatic carbocycles. The molecule has 0 unspecified atom stereocenters. The Hall–Kier alpha value is -4.29. The summed E-state index contributed by atoms with van der Waals surface area (Å²) in [5.41, 5.74) is 3.64. The van der Waals surface area contributed by atoms with Gasteiger partial charge in [-0.1, -0.05) is 31.0 Å². The van der Waals surface area contributed by atoms with E-state index in [1.54, 1.807) is 30.5 Å². The van der Waals surface area contributed by atoms with Gasteiger partial charge < -0.3 is 14.3 Å². The van der Waals surface area contributed by atoms with E-state index >= 15 is 0 Å². The van der Waals surface area contributed by atoms with Gasteiger partial charge in [0, 0.05) is 24.0 Å². The molecule has 0 aliphatic heterocycles. The number of aromatic nitrogens is 3. The van der Waals surface area contributed by atoms with Crippen molar-refractivity contribution in [3.8, 4) is 23.1 Å². The molecule has 6 rings (SSSR count). The second-order valence-electron chi connectivity index (χ2n) is 9.85. The van der Waals surface area contributed by atoms with Crippen molar-refractivity contribution in [3.63, 3.8) is 0 Å². The fraction of sp³-hybridized carbons (Fsp3) is 0.267. The molecule has 3 heterocycles. The van der Waals surface area contributed by atoms with Crippen molar-refractivity contribution in [2.45, 2.75) is 43.3 Å². The third kappa shape index (κ3) is 4.72. The molecule has 0 atom stereocenters. The predicted molar refractivity (Wildman–Crippen MR) is 152 cm³/mol. The minimum atomic E-state index is -0.238. The van der Waals surface area contributed by atoms with E-state index in [1.165, 1.54) is 22.7 Å². The molecule has 1 fully saturated rings. The zero-order valence-corrected chi connectivity index (χ0v) is 22.3. The van der Waals surface area contributed by atoms with Crippen molar-refractivity contribution in [1.82, 2.24) is 19.4 Å². The van der Waals surface area contributed by atoms with Crippen LogP contribution >= 0.6 is 11.8 Å². The summed E-state index contributed by atoms with van der Waals surface area (Å²) in [6.45, 7) is 0. The van der Waals surface area contributed by atoms with Gasteiger partial charge in [0.2, 0.25) is 5.91 Å². The Labute approximate surface area is 229 Å². The molecule has 1 aliphatic carbocycles. The Balaban J connectivity index is 1.46. The summed E-state index contributed by atoms with van der Waals surface area (Å²) >= 11 is 1.24. The van der Waals surface area contributed by atoms with Crippen LogP contribution in [0.4, 0.5) is 0 Å². The van der Waals surface area contributed by atoms with Gasteiger partial charge in [-0.2, -0.15) is 5.26 Å². The lowest BCUT2D eigenvalue weighted by atomic mass is 9.95. The van der Waals surface area contributed by atoms with Crippen molar-refractivity contribution in [3.05, 3.63) is 76.8 Å². The first-order chi connectivity index (χ1) is 19.0. The first-order valence-corrected chi connectivity index (χ1v) is 14.0. The minimum absolute atomic E-state index is 0.0642. The van der Waals surface area contributed by atoms with Crippen LogP contribution in [-0.4, -0.2) is 31.8 Å². The fourth-order valence-corrected chi connectivity index (χ4v) is 6.19. The van der Waals surface area contributed by atoms with E-state index < -0.39 is 0 Å². The first-order valence-electron chi connectivity index (χ1n) is 13.1. The van der Waals surface area contributed by atoms with Crippen LogP contribution in [0.3, 0.4) is 0 Å². The second kappa shape index (κ2) is 10.5. The van der Waals surface area contributed by atoms with E-state index in [1.807, 2.05) is 41.9 Å². The van der Waals surface area contributed by atoms with E-state index in [0.717, 1.165) is 47.9 Å². The Morgan fingerprint density at radius 2 is 1.95 bits per heavy atom. The lowest BCUT2D eigenvalue weighted by molar-refractivity contribution is -0.119.